The van der Waals surface area contributed by atoms with Crippen molar-refractivity contribution in [3.05, 3.63) is 12.2 Å². The van der Waals surface area contributed by atoms with Crippen LogP contribution in [0.1, 0.15) is 26.7 Å². The van der Waals surface area contributed by atoms with E-state index in [4.69, 9.17) is 4.74 Å². The number of ether oxygens (including phenoxy) is 1. The lowest BCUT2D eigenvalue weighted by Gasteiger charge is -2.09. The molecule has 0 heterocycles. The molecule has 60 valence electrons. The van der Waals surface area contributed by atoms with Crippen molar-refractivity contribution in [2.24, 2.45) is 5.92 Å². The molecule has 0 N–H and O–H groups in total. The highest BCUT2D eigenvalue weighted by atomic mass is 16.5. The lowest BCUT2D eigenvalue weighted by atomic mass is 9.99. The summed E-state index contributed by atoms with van der Waals surface area (Å²) in [7, 11) is 1.74. The molecule has 1 atom stereocenters. The third kappa shape index (κ3) is 4.57. The van der Waals surface area contributed by atoms with E-state index in [2.05, 4.69) is 20.4 Å². The zero-order valence-electron chi connectivity index (χ0n) is 7.31. The molecule has 0 radical (unpaired) electrons. The highest BCUT2D eigenvalue weighted by Crippen LogP contribution is 2.13. The summed E-state index contributed by atoms with van der Waals surface area (Å²) in [6.07, 6.45) is 2.34. The van der Waals surface area contributed by atoms with Gasteiger partial charge in [-0.05, 0) is 25.7 Å². The summed E-state index contributed by atoms with van der Waals surface area (Å²) in [5.74, 6) is 0.648. The third-order valence-electron chi connectivity index (χ3n) is 1.83. The number of rotatable bonds is 5. The smallest absolute Gasteiger partial charge is 0.0462 e. The predicted molar refractivity (Wildman–Crippen MR) is 45.1 cm³/mol. The van der Waals surface area contributed by atoms with Crippen molar-refractivity contribution in [3.8, 4) is 0 Å². The Morgan fingerprint density at radius 2 is 2.20 bits per heavy atom. The van der Waals surface area contributed by atoms with E-state index in [1.54, 1.807) is 7.11 Å². The minimum absolute atomic E-state index is 0.648. The van der Waals surface area contributed by atoms with Gasteiger partial charge in [0.05, 0.1) is 0 Å². The molecule has 1 heteroatoms. The minimum atomic E-state index is 0.648. The molecule has 0 aromatic rings. The summed E-state index contributed by atoms with van der Waals surface area (Å²) in [4.78, 5) is 0. The van der Waals surface area contributed by atoms with Crippen LogP contribution >= 0.6 is 0 Å². The summed E-state index contributed by atoms with van der Waals surface area (Å²) in [6.45, 7) is 9.05. The van der Waals surface area contributed by atoms with Gasteiger partial charge in [0.1, 0.15) is 0 Å². The first-order valence-electron chi connectivity index (χ1n) is 3.82. The Hall–Kier alpha value is -0.300. The van der Waals surface area contributed by atoms with Gasteiger partial charge in [0.15, 0.2) is 0 Å². The van der Waals surface area contributed by atoms with Gasteiger partial charge in [-0.15, -0.1) is 0 Å². The molecule has 0 aliphatic rings. The number of allylic oxidation sites excluding steroid dienone is 1. The molecule has 0 aliphatic heterocycles. The topological polar surface area (TPSA) is 9.23 Å². The van der Waals surface area contributed by atoms with E-state index in [1.165, 1.54) is 12.0 Å². The van der Waals surface area contributed by atoms with Crippen molar-refractivity contribution < 1.29 is 4.74 Å². The van der Waals surface area contributed by atoms with E-state index in [0.29, 0.717) is 5.92 Å². The second-order valence-corrected chi connectivity index (χ2v) is 2.88. The van der Waals surface area contributed by atoms with Gasteiger partial charge in [0.2, 0.25) is 0 Å². The van der Waals surface area contributed by atoms with Gasteiger partial charge in [-0.3, -0.25) is 0 Å². The molecule has 0 aromatic heterocycles. The predicted octanol–water partition coefficient (Wildman–Crippen LogP) is 2.63. The summed E-state index contributed by atoms with van der Waals surface area (Å²) >= 11 is 0. The summed E-state index contributed by atoms with van der Waals surface area (Å²) < 4.78 is 4.94. The molecule has 0 spiro atoms. The van der Waals surface area contributed by atoms with Crippen LogP contribution in [0.25, 0.3) is 0 Å². The molecular formula is C9H18O. The Kier molecular flexibility index (Phi) is 5.32. The van der Waals surface area contributed by atoms with Gasteiger partial charge in [0, 0.05) is 13.7 Å². The molecule has 0 fully saturated rings. The van der Waals surface area contributed by atoms with Gasteiger partial charge in [-0.1, -0.05) is 19.1 Å². The zero-order chi connectivity index (χ0) is 7.98. The fourth-order valence-electron chi connectivity index (χ4n) is 0.780. The fourth-order valence-corrected chi connectivity index (χ4v) is 0.780. The zero-order valence-corrected chi connectivity index (χ0v) is 7.31. The number of hydrogen-bond donors (Lipinski definition) is 0. The Bertz CT molecular complexity index is 96.9. The first-order valence-corrected chi connectivity index (χ1v) is 3.82. The van der Waals surface area contributed by atoms with Crippen molar-refractivity contribution in [2.75, 3.05) is 13.7 Å². The highest BCUT2D eigenvalue weighted by Gasteiger charge is 2.00. The van der Waals surface area contributed by atoms with Crippen LogP contribution in [-0.2, 0) is 4.74 Å². The second-order valence-electron chi connectivity index (χ2n) is 2.88. The SMILES string of the molecule is C=C(C)[C@H](C)CCCOC. The summed E-state index contributed by atoms with van der Waals surface area (Å²) in [5.41, 5.74) is 1.27. The van der Waals surface area contributed by atoms with Crippen LogP contribution in [0, 0.1) is 5.92 Å². The summed E-state index contributed by atoms with van der Waals surface area (Å²) in [5, 5.41) is 0. The molecule has 0 bridgehead atoms. The Labute approximate surface area is 64.1 Å². The Morgan fingerprint density at radius 1 is 1.60 bits per heavy atom. The van der Waals surface area contributed by atoms with E-state index >= 15 is 0 Å². The van der Waals surface area contributed by atoms with Crippen LogP contribution in [0.2, 0.25) is 0 Å². The van der Waals surface area contributed by atoms with Crippen molar-refractivity contribution in [3.63, 3.8) is 0 Å². The van der Waals surface area contributed by atoms with E-state index in [9.17, 15) is 0 Å². The van der Waals surface area contributed by atoms with E-state index in [-0.39, 0.29) is 0 Å². The van der Waals surface area contributed by atoms with Crippen molar-refractivity contribution in [2.45, 2.75) is 26.7 Å². The number of methoxy groups -OCH3 is 1. The molecule has 0 unspecified atom stereocenters. The molecule has 1 nitrogen and oxygen atoms in total. The first kappa shape index (κ1) is 9.70. The lowest BCUT2D eigenvalue weighted by Crippen LogP contribution is -1.97. The van der Waals surface area contributed by atoms with Crippen LogP contribution in [0.4, 0.5) is 0 Å². The van der Waals surface area contributed by atoms with Crippen molar-refractivity contribution >= 4 is 0 Å². The van der Waals surface area contributed by atoms with Crippen LogP contribution in [0.5, 0.6) is 0 Å². The van der Waals surface area contributed by atoms with Gasteiger partial charge in [-0.25, -0.2) is 0 Å². The molecule has 0 saturated carbocycles. The average molecular weight is 142 g/mol. The van der Waals surface area contributed by atoms with Gasteiger partial charge in [0.25, 0.3) is 0 Å². The quantitative estimate of drug-likeness (QED) is 0.423. The normalized spacial score (nSPS) is 13.1. The minimum Gasteiger partial charge on any atom is -0.385 e. The van der Waals surface area contributed by atoms with E-state index < -0.39 is 0 Å². The van der Waals surface area contributed by atoms with Crippen LogP contribution in [0.3, 0.4) is 0 Å². The molecule has 0 amide bonds. The van der Waals surface area contributed by atoms with Crippen molar-refractivity contribution in [1.82, 2.24) is 0 Å². The molecule has 0 saturated heterocycles. The standard InChI is InChI=1S/C9H18O/c1-8(2)9(3)6-5-7-10-4/h9H,1,5-7H2,2-4H3/t9-/m1/s1. The second kappa shape index (κ2) is 5.48. The molecule has 10 heavy (non-hydrogen) atoms. The lowest BCUT2D eigenvalue weighted by molar-refractivity contribution is 0.189. The van der Waals surface area contributed by atoms with Crippen LogP contribution in [-0.4, -0.2) is 13.7 Å². The molecule has 0 aliphatic carbocycles. The average Bonchev–Trinajstić information content (AvgIpc) is 1.88. The molecular weight excluding hydrogens is 124 g/mol. The summed E-state index contributed by atoms with van der Waals surface area (Å²) in [6, 6.07) is 0. The van der Waals surface area contributed by atoms with Crippen LogP contribution < -0.4 is 0 Å². The van der Waals surface area contributed by atoms with E-state index in [1.807, 2.05) is 0 Å². The van der Waals surface area contributed by atoms with Crippen LogP contribution in [0.15, 0.2) is 12.2 Å². The largest absolute Gasteiger partial charge is 0.385 e. The van der Waals surface area contributed by atoms with Gasteiger partial charge in [-0.2, -0.15) is 0 Å². The van der Waals surface area contributed by atoms with Gasteiger partial charge < -0.3 is 4.74 Å². The van der Waals surface area contributed by atoms with Crippen molar-refractivity contribution in [1.29, 1.82) is 0 Å². The highest BCUT2D eigenvalue weighted by molar-refractivity contribution is 4.93. The fraction of sp³-hybridized carbons (Fsp3) is 0.778. The monoisotopic (exact) mass is 142 g/mol. The Morgan fingerprint density at radius 3 is 2.60 bits per heavy atom. The maximum Gasteiger partial charge on any atom is 0.0462 e. The first-order chi connectivity index (χ1) is 4.68. The Balaban J connectivity index is 3.21. The van der Waals surface area contributed by atoms with E-state index in [0.717, 1.165) is 13.0 Å². The molecule has 0 rings (SSSR count). The maximum absolute atomic E-state index is 4.94. The third-order valence-corrected chi connectivity index (χ3v) is 1.83. The maximum atomic E-state index is 4.94. The molecule has 0 aromatic carbocycles. The number of hydrogen-bond acceptors (Lipinski definition) is 1. The van der Waals surface area contributed by atoms with Gasteiger partial charge >= 0.3 is 0 Å².